The number of carbonyl (C=O) groups is 2. The molecule has 1 saturated heterocycles. The SMILES string of the molecule is O=C1NC(=O)c2ccc(-c3ccoc3)cc2/C1=C/Nc1ccc(CN2CCC[C@H]2CO)cc1. The molecule has 2 amide bonds. The molecule has 2 aliphatic heterocycles. The lowest BCUT2D eigenvalue weighted by atomic mass is 9.92. The van der Waals surface area contributed by atoms with Crippen molar-refractivity contribution in [2.45, 2.75) is 25.4 Å². The number of aliphatic hydroxyl groups excluding tert-OH is 1. The second-order valence-electron chi connectivity index (χ2n) is 8.40. The summed E-state index contributed by atoms with van der Waals surface area (Å²) in [6.07, 6.45) is 7.00. The quantitative estimate of drug-likeness (QED) is 0.398. The summed E-state index contributed by atoms with van der Waals surface area (Å²) in [5.41, 5.74) is 5.17. The van der Waals surface area contributed by atoms with Crippen LogP contribution in [0.3, 0.4) is 0 Å². The molecule has 7 heteroatoms. The fourth-order valence-corrected chi connectivity index (χ4v) is 4.48. The highest BCUT2D eigenvalue weighted by Crippen LogP contribution is 2.30. The fraction of sp³-hybridized carbons (Fsp3) is 0.231. The van der Waals surface area contributed by atoms with Crippen LogP contribution in [-0.4, -0.2) is 41.0 Å². The number of anilines is 1. The number of imide groups is 1. The molecule has 5 rings (SSSR count). The fourth-order valence-electron chi connectivity index (χ4n) is 4.48. The first-order valence-electron chi connectivity index (χ1n) is 11.1. The van der Waals surface area contributed by atoms with E-state index in [0.29, 0.717) is 16.7 Å². The maximum Gasteiger partial charge on any atom is 0.260 e. The van der Waals surface area contributed by atoms with E-state index in [4.69, 9.17) is 4.42 Å². The number of rotatable bonds is 6. The van der Waals surface area contributed by atoms with Crippen molar-refractivity contribution in [2.24, 2.45) is 0 Å². The van der Waals surface area contributed by atoms with Gasteiger partial charge in [-0.05, 0) is 60.8 Å². The van der Waals surface area contributed by atoms with Crippen molar-refractivity contribution in [1.29, 1.82) is 0 Å². The first-order chi connectivity index (χ1) is 16.1. The monoisotopic (exact) mass is 443 g/mol. The summed E-state index contributed by atoms with van der Waals surface area (Å²) in [6, 6.07) is 15.5. The summed E-state index contributed by atoms with van der Waals surface area (Å²) in [5.74, 6) is -0.844. The molecule has 168 valence electrons. The number of furan rings is 1. The molecular weight excluding hydrogens is 418 g/mol. The summed E-state index contributed by atoms with van der Waals surface area (Å²) in [4.78, 5) is 27.2. The first kappa shape index (κ1) is 21.2. The van der Waals surface area contributed by atoms with Gasteiger partial charge in [-0.15, -0.1) is 0 Å². The van der Waals surface area contributed by atoms with E-state index < -0.39 is 11.8 Å². The van der Waals surface area contributed by atoms with Crippen LogP contribution in [-0.2, 0) is 11.3 Å². The topological polar surface area (TPSA) is 94.8 Å². The smallest absolute Gasteiger partial charge is 0.260 e. The lowest BCUT2D eigenvalue weighted by Gasteiger charge is -2.22. The zero-order valence-corrected chi connectivity index (χ0v) is 18.1. The van der Waals surface area contributed by atoms with Crippen LogP contribution in [0.5, 0.6) is 0 Å². The van der Waals surface area contributed by atoms with E-state index in [2.05, 4.69) is 15.5 Å². The maximum atomic E-state index is 12.6. The Morgan fingerprint density at radius 2 is 1.91 bits per heavy atom. The summed E-state index contributed by atoms with van der Waals surface area (Å²) in [5, 5.41) is 15.1. The van der Waals surface area contributed by atoms with Gasteiger partial charge in [0, 0.05) is 41.2 Å². The Balaban J connectivity index is 1.36. The van der Waals surface area contributed by atoms with Crippen LogP contribution in [0.1, 0.15) is 34.3 Å². The summed E-state index contributed by atoms with van der Waals surface area (Å²) < 4.78 is 5.16. The number of nitrogens with one attached hydrogen (secondary N) is 2. The van der Waals surface area contributed by atoms with E-state index in [1.165, 1.54) is 5.56 Å². The number of likely N-dealkylation sites (tertiary alicyclic amines) is 1. The second kappa shape index (κ2) is 9.05. The third-order valence-corrected chi connectivity index (χ3v) is 6.31. The van der Waals surface area contributed by atoms with Gasteiger partial charge in [-0.2, -0.15) is 0 Å². The van der Waals surface area contributed by atoms with Crippen molar-refractivity contribution < 1.29 is 19.1 Å². The lowest BCUT2D eigenvalue weighted by Crippen LogP contribution is -2.36. The predicted octanol–water partition coefficient (Wildman–Crippen LogP) is 3.63. The van der Waals surface area contributed by atoms with Gasteiger partial charge in [-0.3, -0.25) is 19.8 Å². The van der Waals surface area contributed by atoms with Crippen LogP contribution in [0.2, 0.25) is 0 Å². The molecule has 3 aromatic rings. The molecule has 1 aromatic heterocycles. The van der Waals surface area contributed by atoms with Crippen LogP contribution in [0.15, 0.2) is 71.7 Å². The minimum Gasteiger partial charge on any atom is -0.472 e. The maximum absolute atomic E-state index is 12.6. The van der Waals surface area contributed by atoms with Gasteiger partial charge in [-0.25, -0.2) is 0 Å². The van der Waals surface area contributed by atoms with E-state index in [-0.39, 0.29) is 12.6 Å². The van der Waals surface area contributed by atoms with E-state index >= 15 is 0 Å². The van der Waals surface area contributed by atoms with Gasteiger partial charge in [0.25, 0.3) is 11.8 Å². The van der Waals surface area contributed by atoms with Crippen LogP contribution in [0.4, 0.5) is 5.69 Å². The van der Waals surface area contributed by atoms with Crippen molar-refractivity contribution in [1.82, 2.24) is 10.2 Å². The van der Waals surface area contributed by atoms with Gasteiger partial charge in [0.1, 0.15) is 0 Å². The van der Waals surface area contributed by atoms with Crippen molar-refractivity contribution in [3.05, 3.63) is 83.9 Å². The summed E-state index contributed by atoms with van der Waals surface area (Å²) in [6.45, 7) is 2.01. The average molecular weight is 444 g/mol. The highest BCUT2D eigenvalue weighted by Gasteiger charge is 2.28. The van der Waals surface area contributed by atoms with Gasteiger partial charge >= 0.3 is 0 Å². The van der Waals surface area contributed by atoms with Gasteiger partial charge in [0.05, 0.1) is 24.7 Å². The Bertz CT molecular complexity index is 1200. The number of carbonyl (C=O) groups excluding carboxylic acids is 2. The molecule has 7 nitrogen and oxygen atoms in total. The normalized spacial score (nSPS) is 19.5. The molecule has 1 fully saturated rings. The largest absolute Gasteiger partial charge is 0.472 e. The zero-order valence-electron chi connectivity index (χ0n) is 18.1. The molecule has 33 heavy (non-hydrogen) atoms. The van der Waals surface area contributed by atoms with Crippen molar-refractivity contribution in [3.8, 4) is 11.1 Å². The minimum atomic E-state index is -0.440. The molecule has 0 saturated carbocycles. The third kappa shape index (κ3) is 4.33. The Morgan fingerprint density at radius 3 is 2.67 bits per heavy atom. The molecular formula is C26H25N3O4. The number of benzene rings is 2. The molecule has 0 bridgehead atoms. The number of hydrogen-bond acceptors (Lipinski definition) is 6. The van der Waals surface area contributed by atoms with Gasteiger partial charge in [-0.1, -0.05) is 18.2 Å². The molecule has 1 atom stereocenters. The second-order valence-corrected chi connectivity index (χ2v) is 8.40. The Hall–Kier alpha value is -3.68. The van der Waals surface area contributed by atoms with Gasteiger partial charge < -0.3 is 14.8 Å². The number of nitrogens with zero attached hydrogens (tertiary/aromatic N) is 1. The van der Waals surface area contributed by atoms with E-state index in [1.807, 2.05) is 42.5 Å². The molecule has 0 aliphatic carbocycles. The van der Waals surface area contributed by atoms with Crippen molar-refractivity contribution >= 4 is 23.1 Å². The number of fused-ring (bicyclic) bond motifs is 1. The molecule has 0 unspecified atom stereocenters. The summed E-state index contributed by atoms with van der Waals surface area (Å²) in [7, 11) is 0. The van der Waals surface area contributed by atoms with Crippen molar-refractivity contribution in [3.63, 3.8) is 0 Å². The number of hydrogen-bond donors (Lipinski definition) is 3. The Morgan fingerprint density at radius 1 is 1.06 bits per heavy atom. The predicted molar refractivity (Wildman–Crippen MR) is 125 cm³/mol. The summed E-state index contributed by atoms with van der Waals surface area (Å²) >= 11 is 0. The number of amides is 2. The highest BCUT2D eigenvalue weighted by atomic mass is 16.3. The third-order valence-electron chi connectivity index (χ3n) is 6.31. The van der Waals surface area contributed by atoms with E-state index in [9.17, 15) is 14.7 Å². The van der Waals surface area contributed by atoms with Gasteiger partial charge in [0.15, 0.2) is 0 Å². The molecule has 3 N–H and O–H groups in total. The zero-order chi connectivity index (χ0) is 22.8. The van der Waals surface area contributed by atoms with Crippen LogP contribution >= 0.6 is 0 Å². The molecule has 0 spiro atoms. The van der Waals surface area contributed by atoms with Gasteiger partial charge in [0.2, 0.25) is 0 Å². The van der Waals surface area contributed by atoms with Crippen LogP contribution in [0.25, 0.3) is 16.7 Å². The average Bonchev–Trinajstić information content (AvgIpc) is 3.52. The van der Waals surface area contributed by atoms with Crippen LogP contribution < -0.4 is 10.6 Å². The Kier molecular flexibility index (Phi) is 5.81. The Labute approximate surface area is 191 Å². The molecule has 2 aromatic carbocycles. The number of aliphatic hydroxyl groups is 1. The molecule has 2 aliphatic rings. The standard InChI is InChI=1S/C26H25N3O4/c30-15-21-2-1-10-29(21)14-17-3-6-20(7-4-17)27-13-24-23-12-18(19-9-11-33-16-19)5-8-22(23)25(31)28-26(24)32/h3-9,11-13,16,21,27,30H,1-2,10,14-15H2,(H,28,31,32)/b24-13-/t21-/m0/s1. The minimum absolute atomic E-state index is 0.196. The van der Waals surface area contributed by atoms with E-state index in [1.54, 1.807) is 24.8 Å². The lowest BCUT2D eigenvalue weighted by molar-refractivity contribution is -0.114. The van der Waals surface area contributed by atoms with E-state index in [0.717, 1.165) is 42.7 Å². The molecule has 3 heterocycles. The molecule has 0 radical (unpaired) electrons. The first-order valence-corrected chi connectivity index (χ1v) is 11.1. The van der Waals surface area contributed by atoms with Crippen LogP contribution in [0, 0.1) is 0 Å². The highest BCUT2D eigenvalue weighted by molar-refractivity contribution is 6.31. The van der Waals surface area contributed by atoms with Crippen molar-refractivity contribution in [2.75, 3.05) is 18.5 Å².